The Morgan fingerprint density at radius 3 is 1.26 bits per heavy atom. The van der Waals surface area contributed by atoms with Crippen LogP contribution in [0.25, 0.3) is 0 Å². The number of rotatable bonds is 38. The molecule has 2 heterocycles. The second-order valence-corrected chi connectivity index (χ2v) is 17.7. The first-order valence-electron chi connectivity index (χ1n) is 24.6. The summed E-state index contributed by atoms with van der Waals surface area (Å²) in [4.78, 5) is 25.7. The number of aliphatic hydroxyl groups is 7. The second kappa shape index (κ2) is 35.7. The van der Waals surface area contributed by atoms with Gasteiger partial charge in [-0.25, -0.2) is 0 Å². The lowest BCUT2D eigenvalue weighted by atomic mass is 9.98. The van der Waals surface area contributed by atoms with E-state index >= 15 is 0 Å². The summed E-state index contributed by atoms with van der Waals surface area (Å²) in [5, 5.41) is 71.9. The van der Waals surface area contributed by atoms with Gasteiger partial charge in [-0.1, -0.05) is 168 Å². The first-order valence-corrected chi connectivity index (χ1v) is 24.6. The molecule has 0 aromatic carbocycles. The lowest BCUT2D eigenvalue weighted by molar-refractivity contribution is -0.332. The molecule has 15 heteroatoms. The zero-order valence-electron chi connectivity index (χ0n) is 38.4. The Morgan fingerprint density at radius 1 is 0.452 bits per heavy atom. The summed E-state index contributed by atoms with van der Waals surface area (Å²) in [6.07, 6.45) is 14.2. The third-order valence-corrected chi connectivity index (χ3v) is 12.1. The van der Waals surface area contributed by atoms with Gasteiger partial charge in [-0.3, -0.25) is 9.59 Å². The minimum Gasteiger partial charge on any atom is -0.462 e. The third kappa shape index (κ3) is 24.1. The van der Waals surface area contributed by atoms with Crippen molar-refractivity contribution in [3.8, 4) is 0 Å². The van der Waals surface area contributed by atoms with Crippen LogP contribution in [-0.4, -0.2) is 142 Å². The van der Waals surface area contributed by atoms with Gasteiger partial charge in [0.1, 0.15) is 55.4 Å². The van der Waals surface area contributed by atoms with Gasteiger partial charge in [0.15, 0.2) is 18.7 Å². The lowest BCUT2D eigenvalue weighted by Gasteiger charge is -2.42. The Morgan fingerprint density at radius 2 is 0.823 bits per heavy atom. The van der Waals surface area contributed by atoms with Crippen LogP contribution in [0, 0.1) is 0 Å². The Labute approximate surface area is 372 Å². The zero-order valence-corrected chi connectivity index (χ0v) is 38.4. The fourth-order valence-electron chi connectivity index (χ4n) is 7.98. The van der Waals surface area contributed by atoms with E-state index in [9.17, 15) is 45.3 Å². The van der Waals surface area contributed by atoms with Crippen molar-refractivity contribution in [3.05, 3.63) is 0 Å². The molecule has 2 aliphatic rings. The lowest BCUT2D eigenvalue weighted by Crippen LogP contribution is -2.61. The SMILES string of the molecule is CCCCCCCCCCCCCCCC(=O)OC[C@H](CO[C@@H]1O[C@H](CO[C@@H]2O[C@H](CO)[C@@H](O)[C@H](O)[C@H]2O)[C@H](O)[C@H](O)[C@H]1O)OC(=O)CCCCCCCCCCCCCCC. The van der Waals surface area contributed by atoms with E-state index in [1.165, 1.54) is 116 Å². The molecule has 0 bridgehead atoms. The summed E-state index contributed by atoms with van der Waals surface area (Å²) in [6.45, 7) is 2.60. The highest BCUT2D eigenvalue weighted by atomic mass is 16.7. The average Bonchev–Trinajstić information content (AvgIpc) is 3.26. The molecule has 0 aliphatic carbocycles. The maximum Gasteiger partial charge on any atom is 0.306 e. The monoisotopic (exact) mass is 893 g/mol. The van der Waals surface area contributed by atoms with Crippen molar-refractivity contribution in [1.82, 2.24) is 0 Å². The predicted molar refractivity (Wildman–Crippen MR) is 234 cm³/mol. The van der Waals surface area contributed by atoms with Crippen LogP contribution in [0.1, 0.15) is 194 Å². The van der Waals surface area contributed by atoms with Gasteiger partial charge in [0.05, 0.1) is 19.8 Å². The molecular weight excluding hydrogens is 805 g/mol. The number of carbonyl (C=O) groups is 2. The number of carbonyl (C=O) groups excluding carboxylic acids is 2. The highest BCUT2D eigenvalue weighted by Crippen LogP contribution is 2.26. The molecule has 11 atom stereocenters. The average molecular weight is 893 g/mol. The van der Waals surface area contributed by atoms with E-state index in [1.807, 2.05) is 0 Å². The van der Waals surface area contributed by atoms with E-state index in [0.717, 1.165) is 38.5 Å². The van der Waals surface area contributed by atoms with Crippen LogP contribution in [0.15, 0.2) is 0 Å². The molecule has 2 fully saturated rings. The summed E-state index contributed by atoms with van der Waals surface area (Å²) in [7, 11) is 0. The van der Waals surface area contributed by atoms with Gasteiger partial charge in [0.2, 0.25) is 0 Å². The summed E-state index contributed by atoms with van der Waals surface area (Å²) in [5.41, 5.74) is 0. The van der Waals surface area contributed by atoms with Crippen LogP contribution in [0.4, 0.5) is 0 Å². The Kier molecular flexibility index (Phi) is 32.6. The van der Waals surface area contributed by atoms with Crippen LogP contribution in [0.3, 0.4) is 0 Å². The molecule has 2 aliphatic heterocycles. The molecule has 2 saturated heterocycles. The molecule has 15 nitrogen and oxygen atoms in total. The fourth-order valence-corrected chi connectivity index (χ4v) is 7.98. The van der Waals surface area contributed by atoms with Gasteiger partial charge in [0.25, 0.3) is 0 Å². The topological polar surface area (TPSA) is 231 Å². The molecular formula is C47H88O15. The molecule has 0 radical (unpaired) electrons. The fraction of sp³-hybridized carbons (Fsp3) is 0.957. The van der Waals surface area contributed by atoms with Crippen molar-refractivity contribution in [2.75, 3.05) is 26.4 Å². The van der Waals surface area contributed by atoms with E-state index in [1.54, 1.807) is 0 Å². The molecule has 0 unspecified atom stereocenters. The van der Waals surface area contributed by atoms with E-state index in [2.05, 4.69) is 13.8 Å². The molecule has 0 aromatic heterocycles. The summed E-state index contributed by atoms with van der Waals surface area (Å²) in [5.74, 6) is -0.913. The van der Waals surface area contributed by atoms with Crippen LogP contribution in [-0.2, 0) is 38.0 Å². The molecule has 7 N–H and O–H groups in total. The largest absolute Gasteiger partial charge is 0.462 e. The van der Waals surface area contributed by atoms with Crippen molar-refractivity contribution in [2.45, 2.75) is 261 Å². The Hall–Kier alpha value is -1.50. The van der Waals surface area contributed by atoms with Crippen LogP contribution < -0.4 is 0 Å². The van der Waals surface area contributed by atoms with Gasteiger partial charge in [-0.05, 0) is 12.8 Å². The first-order chi connectivity index (χ1) is 30.0. The van der Waals surface area contributed by atoms with Crippen molar-refractivity contribution in [3.63, 3.8) is 0 Å². The predicted octanol–water partition coefficient (Wildman–Crippen LogP) is 6.04. The summed E-state index contributed by atoms with van der Waals surface area (Å²) in [6, 6.07) is 0. The van der Waals surface area contributed by atoms with E-state index < -0.39 is 92.7 Å². The van der Waals surface area contributed by atoms with Gasteiger partial charge in [-0.15, -0.1) is 0 Å². The highest BCUT2D eigenvalue weighted by molar-refractivity contribution is 5.70. The smallest absolute Gasteiger partial charge is 0.306 e. The van der Waals surface area contributed by atoms with E-state index in [4.69, 9.17) is 28.4 Å². The second-order valence-electron chi connectivity index (χ2n) is 17.7. The van der Waals surface area contributed by atoms with Gasteiger partial charge in [-0.2, -0.15) is 0 Å². The quantitative estimate of drug-likeness (QED) is 0.0277. The number of esters is 2. The number of hydrogen-bond acceptors (Lipinski definition) is 15. The number of ether oxygens (including phenoxy) is 6. The van der Waals surface area contributed by atoms with Crippen LogP contribution in [0.2, 0.25) is 0 Å². The molecule has 0 saturated carbocycles. The van der Waals surface area contributed by atoms with Crippen molar-refractivity contribution >= 4 is 11.9 Å². The van der Waals surface area contributed by atoms with Crippen LogP contribution in [0.5, 0.6) is 0 Å². The maximum absolute atomic E-state index is 13.0. The van der Waals surface area contributed by atoms with Gasteiger partial charge >= 0.3 is 11.9 Å². The van der Waals surface area contributed by atoms with Gasteiger partial charge < -0.3 is 64.2 Å². The van der Waals surface area contributed by atoms with Crippen LogP contribution >= 0.6 is 0 Å². The first kappa shape index (κ1) is 56.6. The normalized spacial score (nSPS) is 27.0. The zero-order chi connectivity index (χ0) is 45.4. The number of unbranched alkanes of at least 4 members (excludes halogenated alkanes) is 24. The maximum atomic E-state index is 13.0. The molecule has 366 valence electrons. The molecule has 0 aromatic rings. The minimum atomic E-state index is -1.76. The molecule has 0 spiro atoms. The molecule has 62 heavy (non-hydrogen) atoms. The number of hydrogen-bond donors (Lipinski definition) is 7. The van der Waals surface area contributed by atoms with Crippen molar-refractivity contribution in [2.24, 2.45) is 0 Å². The standard InChI is InChI=1S/C47H88O15/c1-3-5-7-9-11-13-15-17-19-21-23-25-27-29-38(49)57-32-35(60-39(50)30-28-26-24-22-20-18-16-14-12-10-8-6-4-2)33-58-46-45(56)43(54)41(52)37(62-46)34-59-47-44(55)42(53)40(51)36(31-48)61-47/h35-37,40-48,51-56H,3-34H2,1-2H3/t35-,36-,37-,40-,41+,42+,43+,44-,45-,46-,47-/m1/s1. The summed E-state index contributed by atoms with van der Waals surface area (Å²) >= 11 is 0. The summed E-state index contributed by atoms with van der Waals surface area (Å²) < 4.78 is 33.5. The van der Waals surface area contributed by atoms with Gasteiger partial charge in [0, 0.05) is 12.8 Å². The molecule has 0 amide bonds. The van der Waals surface area contributed by atoms with E-state index in [-0.39, 0.29) is 26.1 Å². The number of aliphatic hydroxyl groups excluding tert-OH is 7. The van der Waals surface area contributed by atoms with E-state index in [0.29, 0.717) is 12.8 Å². The minimum absolute atomic E-state index is 0.173. The molecule has 2 rings (SSSR count). The third-order valence-electron chi connectivity index (χ3n) is 12.1. The van der Waals surface area contributed by atoms with Crippen molar-refractivity contribution < 1.29 is 73.8 Å². The van der Waals surface area contributed by atoms with Crippen molar-refractivity contribution in [1.29, 1.82) is 0 Å². The Bertz CT molecular complexity index is 1100. The highest BCUT2D eigenvalue weighted by Gasteiger charge is 2.47. The Balaban J connectivity index is 1.83.